The molecule has 0 aromatic heterocycles. The van der Waals surface area contributed by atoms with Crippen LogP contribution in [0.4, 0.5) is 0 Å². The van der Waals surface area contributed by atoms with Gasteiger partial charge in [-0.1, -0.05) is 26.0 Å². The molecule has 0 bridgehead atoms. The van der Waals surface area contributed by atoms with Gasteiger partial charge in [-0.25, -0.2) is 4.79 Å². The highest BCUT2D eigenvalue weighted by Gasteiger charge is 2.51. The SMILES string of the molecule is CCCNC(=O)/C=C(\C)c1ccc2c(c1O)C(=O)C[C@H]1C3=C(CC[C@]21C)C(=O)OC3. The van der Waals surface area contributed by atoms with E-state index in [0.717, 1.165) is 29.6 Å². The Hall–Kier alpha value is -2.89. The Balaban J connectivity index is 1.75. The quantitative estimate of drug-likeness (QED) is 0.587. The molecule has 2 N–H and O–H groups in total. The predicted molar refractivity (Wildman–Crippen MR) is 112 cm³/mol. The van der Waals surface area contributed by atoms with Crippen molar-refractivity contribution < 1.29 is 24.2 Å². The number of Topliss-reactive ketones (excluding diaryl/α,β-unsaturated/α-hetero) is 1. The van der Waals surface area contributed by atoms with Crippen molar-refractivity contribution in [1.29, 1.82) is 0 Å². The van der Waals surface area contributed by atoms with E-state index in [-0.39, 0.29) is 47.8 Å². The third kappa shape index (κ3) is 3.06. The molecular formula is C24H27NO5. The summed E-state index contributed by atoms with van der Waals surface area (Å²) in [7, 11) is 0. The first kappa shape index (κ1) is 20.4. The average Bonchev–Trinajstić information content (AvgIpc) is 3.08. The Morgan fingerprint density at radius 1 is 1.37 bits per heavy atom. The third-order valence-corrected chi connectivity index (χ3v) is 6.86. The van der Waals surface area contributed by atoms with E-state index in [4.69, 9.17) is 4.74 Å². The van der Waals surface area contributed by atoms with Gasteiger partial charge in [0.25, 0.3) is 0 Å². The number of hydrogen-bond donors (Lipinski definition) is 2. The van der Waals surface area contributed by atoms with Gasteiger partial charge in [0.2, 0.25) is 5.91 Å². The van der Waals surface area contributed by atoms with Crippen molar-refractivity contribution in [3.05, 3.63) is 46.0 Å². The lowest BCUT2D eigenvalue weighted by atomic mass is 9.56. The molecule has 6 nitrogen and oxygen atoms in total. The second kappa shape index (κ2) is 7.42. The molecule has 0 fully saturated rings. The summed E-state index contributed by atoms with van der Waals surface area (Å²) >= 11 is 0. The molecule has 1 heterocycles. The van der Waals surface area contributed by atoms with Gasteiger partial charge in [-0.2, -0.15) is 0 Å². The minimum atomic E-state index is -0.345. The summed E-state index contributed by atoms with van der Waals surface area (Å²) in [5.41, 5.74) is 3.59. The zero-order valence-electron chi connectivity index (χ0n) is 17.6. The summed E-state index contributed by atoms with van der Waals surface area (Å²) in [4.78, 5) is 37.1. The molecule has 0 saturated carbocycles. The van der Waals surface area contributed by atoms with Crippen LogP contribution in [-0.4, -0.2) is 35.9 Å². The molecule has 30 heavy (non-hydrogen) atoms. The van der Waals surface area contributed by atoms with Gasteiger partial charge in [-0.3, -0.25) is 9.59 Å². The number of fused-ring (bicyclic) bond motifs is 4. The van der Waals surface area contributed by atoms with Crippen molar-refractivity contribution in [1.82, 2.24) is 5.32 Å². The lowest BCUT2D eigenvalue weighted by Crippen LogP contribution is -2.43. The summed E-state index contributed by atoms with van der Waals surface area (Å²) in [5.74, 6) is -0.765. The van der Waals surface area contributed by atoms with E-state index in [9.17, 15) is 19.5 Å². The average molecular weight is 409 g/mol. The van der Waals surface area contributed by atoms with Crippen LogP contribution in [0.25, 0.3) is 5.57 Å². The Morgan fingerprint density at radius 3 is 2.87 bits per heavy atom. The topological polar surface area (TPSA) is 92.7 Å². The van der Waals surface area contributed by atoms with Gasteiger partial charge < -0.3 is 15.2 Å². The van der Waals surface area contributed by atoms with E-state index in [1.165, 1.54) is 6.08 Å². The van der Waals surface area contributed by atoms with Crippen LogP contribution in [0.2, 0.25) is 0 Å². The molecule has 0 unspecified atom stereocenters. The Morgan fingerprint density at radius 2 is 2.13 bits per heavy atom. The predicted octanol–water partition coefficient (Wildman–Crippen LogP) is 3.43. The summed E-state index contributed by atoms with van der Waals surface area (Å²) in [6.07, 6.45) is 3.88. The number of rotatable bonds is 4. The van der Waals surface area contributed by atoms with Crippen LogP contribution in [0.3, 0.4) is 0 Å². The van der Waals surface area contributed by atoms with Gasteiger partial charge in [-0.05, 0) is 42.9 Å². The first-order chi connectivity index (χ1) is 14.3. The van der Waals surface area contributed by atoms with Crippen molar-refractivity contribution in [2.24, 2.45) is 5.92 Å². The number of cyclic esters (lactones) is 1. The van der Waals surface area contributed by atoms with Gasteiger partial charge in [0, 0.05) is 41.5 Å². The molecule has 1 aliphatic heterocycles. The number of aromatic hydroxyl groups is 1. The standard InChI is InChI=1S/C24H27NO5/c1-4-9-25-20(27)10-13(2)14-5-6-17-21(22(14)28)19(26)11-18-16-12-30-23(29)15(16)7-8-24(17,18)3/h5-6,10,18,28H,4,7-9,11-12H2,1-3H3,(H,25,27)/b13-10+/t18-,24+/m0/s1. The molecular weight excluding hydrogens is 382 g/mol. The number of amides is 1. The second-order valence-corrected chi connectivity index (χ2v) is 8.68. The molecule has 1 aromatic rings. The number of nitrogens with one attached hydrogen (secondary N) is 1. The fourth-order valence-corrected chi connectivity index (χ4v) is 5.17. The highest BCUT2D eigenvalue weighted by Crippen LogP contribution is 2.55. The molecule has 1 amide bonds. The molecule has 0 saturated heterocycles. The zero-order chi connectivity index (χ0) is 21.6. The third-order valence-electron chi connectivity index (χ3n) is 6.86. The highest BCUT2D eigenvalue weighted by molar-refractivity contribution is 6.05. The summed E-state index contributed by atoms with van der Waals surface area (Å²) < 4.78 is 5.24. The number of benzene rings is 1. The molecule has 4 rings (SSSR count). The number of hydrogen-bond acceptors (Lipinski definition) is 5. The van der Waals surface area contributed by atoms with Crippen LogP contribution in [0.15, 0.2) is 29.4 Å². The van der Waals surface area contributed by atoms with Gasteiger partial charge in [-0.15, -0.1) is 0 Å². The van der Waals surface area contributed by atoms with E-state index in [1.54, 1.807) is 13.0 Å². The van der Waals surface area contributed by atoms with Crippen molar-refractivity contribution in [2.75, 3.05) is 13.2 Å². The normalized spacial score (nSPS) is 25.4. The smallest absolute Gasteiger partial charge is 0.334 e. The monoisotopic (exact) mass is 409 g/mol. The minimum absolute atomic E-state index is 0.0623. The largest absolute Gasteiger partial charge is 0.507 e. The first-order valence-electron chi connectivity index (χ1n) is 10.5. The highest BCUT2D eigenvalue weighted by atomic mass is 16.5. The summed E-state index contributed by atoms with van der Waals surface area (Å²) in [6.45, 7) is 6.68. The Labute approximate surface area is 176 Å². The molecule has 3 aliphatic rings. The lowest BCUT2D eigenvalue weighted by Gasteiger charge is -2.46. The summed E-state index contributed by atoms with van der Waals surface area (Å²) in [5, 5.41) is 13.8. The van der Waals surface area contributed by atoms with Crippen LogP contribution in [0, 0.1) is 5.92 Å². The van der Waals surface area contributed by atoms with Crippen LogP contribution < -0.4 is 5.32 Å². The zero-order valence-corrected chi connectivity index (χ0v) is 17.6. The molecule has 2 atom stereocenters. The van der Waals surface area contributed by atoms with E-state index >= 15 is 0 Å². The van der Waals surface area contributed by atoms with Gasteiger partial charge in [0.05, 0.1) is 5.56 Å². The van der Waals surface area contributed by atoms with E-state index in [2.05, 4.69) is 12.2 Å². The van der Waals surface area contributed by atoms with Crippen molar-refractivity contribution in [3.8, 4) is 5.75 Å². The van der Waals surface area contributed by atoms with Crippen molar-refractivity contribution >= 4 is 23.2 Å². The first-order valence-corrected chi connectivity index (χ1v) is 10.5. The maximum absolute atomic E-state index is 13.1. The van der Waals surface area contributed by atoms with E-state index < -0.39 is 0 Å². The van der Waals surface area contributed by atoms with Crippen LogP contribution in [0.5, 0.6) is 5.75 Å². The number of ketones is 1. The maximum Gasteiger partial charge on any atom is 0.334 e. The van der Waals surface area contributed by atoms with Crippen molar-refractivity contribution in [2.45, 2.75) is 51.9 Å². The van der Waals surface area contributed by atoms with Crippen LogP contribution in [-0.2, 0) is 19.7 Å². The van der Waals surface area contributed by atoms with E-state index in [1.807, 2.05) is 13.0 Å². The number of carbonyl (C=O) groups excluding carboxylic acids is 3. The molecule has 6 heteroatoms. The van der Waals surface area contributed by atoms with Crippen molar-refractivity contribution in [3.63, 3.8) is 0 Å². The Bertz CT molecular complexity index is 1020. The number of ether oxygens (including phenoxy) is 1. The molecule has 0 radical (unpaired) electrons. The minimum Gasteiger partial charge on any atom is -0.507 e. The van der Waals surface area contributed by atoms with Gasteiger partial charge in [0.1, 0.15) is 12.4 Å². The summed E-state index contributed by atoms with van der Waals surface area (Å²) in [6, 6.07) is 3.69. The fraction of sp³-hybridized carbons (Fsp3) is 0.458. The maximum atomic E-state index is 13.1. The molecule has 158 valence electrons. The molecule has 2 aliphatic carbocycles. The molecule has 1 aromatic carbocycles. The van der Waals surface area contributed by atoms with Gasteiger partial charge >= 0.3 is 5.97 Å². The van der Waals surface area contributed by atoms with Crippen LogP contribution >= 0.6 is 0 Å². The number of allylic oxidation sites excluding steroid dienone is 1. The number of phenols is 1. The fourth-order valence-electron chi connectivity index (χ4n) is 5.17. The Kier molecular flexibility index (Phi) is 5.04. The molecule has 0 spiro atoms. The van der Waals surface area contributed by atoms with E-state index in [0.29, 0.717) is 29.7 Å². The van der Waals surface area contributed by atoms with Crippen LogP contribution in [0.1, 0.15) is 67.9 Å². The number of esters is 1. The van der Waals surface area contributed by atoms with Gasteiger partial charge in [0.15, 0.2) is 5.78 Å². The number of phenolic OH excluding ortho intramolecular Hbond substituents is 1. The lowest BCUT2D eigenvalue weighted by molar-refractivity contribution is -0.136. The second-order valence-electron chi connectivity index (χ2n) is 8.68. The number of carbonyl (C=O) groups is 3.